The molecule has 7 nitrogen and oxygen atoms in total. The van der Waals surface area contributed by atoms with Gasteiger partial charge in [0, 0.05) is 35.9 Å². The summed E-state index contributed by atoms with van der Waals surface area (Å²) in [4.78, 5) is 29.8. The highest BCUT2D eigenvalue weighted by atomic mass is 35.5. The number of benzene rings is 1. The Balaban J connectivity index is 1.87. The van der Waals surface area contributed by atoms with Crippen molar-refractivity contribution in [3.05, 3.63) is 73.9 Å². The lowest BCUT2D eigenvalue weighted by Gasteiger charge is -2.16. The van der Waals surface area contributed by atoms with Crippen molar-refractivity contribution in [3.63, 3.8) is 0 Å². The van der Waals surface area contributed by atoms with Gasteiger partial charge in [0.1, 0.15) is 5.69 Å². The van der Waals surface area contributed by atoms with E-state index in [0.29, 0.717) is 16.6 Å². The molecular weight excluding hydrogens is 364 g/mol. The minimum Gasteiger partial charge on any atom is -0.337 e. The molecule has 0 atom stereocenters. The Morgan fingerprint density at radius 3 is 2.80 bits per heavy atom. The molecule has 1 aromatic carbocycles. The van der Waals surface area contributed by atoms with E-state index in [0.717, 1.165) is 4.88 Å². The van der Waals surface area contributed by atoms with E-state index >= 15 is 0 Å². The van der Waals surface area contributed by atoms with Crippen molar-refractivity contribution in [1.82, 2.24) is 14.5 Å². The van der Waals surface area contributed by atoms with Crippen LogP contribution in [0.4, 0.5) is 5.69 Å². The average Bonchev–Trinajstić information content (AvgIpc) is 3.25. The van der Waals surface area contributed by atoms with Gasteiger partial charge in [-0.1, -0.05) is 11.6 Å². The number of nitro groups is 1. The highest BCUT2D eigenvalue weighted by molar-refractivity contribution is 7.16. The Bertz CT molecular complexity index is 923. The molecule has 0 unspecified atom stereocenters. The molecule has 1 amide bonds. The number of rotatable bonds is 5. The van der Waals surface area contributed by atoms with E-state index in [2.05, 4.69) is 4.98 Å². The standard InChI is InChI=1S/C16H13ClN4O3S/c1-19(9-12-3-5-15(17)25-12)16(22)11-2-4-13(14(8-11)21(23)24)20-7-6-18-10-20/h2-8,10H,9H2,1H3. The van der Waals surface area contributed by atoms with E-state index in [-0.39, 0.29) is 17.2 Å². The molecule has 0 aliphatic heterocycles. The molecule has 0 fully saturated rings. The first-order valence-electron chi connectivity index (χ1n) is 7.22. The molecule has 0 N–H and O–H groups in total. The molecule has 0 aliphatic rings. The van der Waals surface area contributed by atoms with Gasteiger partial charge in [0.2, 0.25) is 0 Å². The Hall–Kier alpha value is -2.71. The maximum atomic E-state index is 12.6. The fraction of sp³-hybridized carbons (Fsp3) is 0.125. The smallest absolute Gasteiger partial charge is 0.294 e. The zero-order valence-electron chi connectivity index (χ0n) is 13.1. The second-order valence-corrected chi connectivity index (χ2v) is 7.10. The number of nitrogens with zero attached hydrogens (tertiary/aromatic N) is 4. The summed E-state index contributed by atoms with van der Waals surface area (Å²) >= 11 is 7.29. The normalized spacial score (nSPS) is 10.6. The van der Waals surface area contributed by atoms with E-state index in [1.807, 2.05) is 6.07 Å². The minimum atomic E-state index is -0.509. The molecule has 0 aliphatic carbocycles. The quantitative estimate of drug-likeness (QED) is 0.501. The van der Waals surface area contributed by atoms with Crippen molar-refractivity contribution >= 4 is 34.5 Å². The minimum absolute atomic E-state index is 0.156. The van der Waals surface area contributed by atoms with Crippen molar-refractivity contribution < 1.29 is 9.72 Å². The Labute approximate surface area is 152 Å². The Morgan fingerprint density at radius 1 is 1.40 bits per heavy atom. The van der Waals surface area contributed by atoms with Gasteiger partial charge in [0.25, 0.3) is 11.6 Å². The lowest BCUT2D eigenvalue weighted by Crippen LogP contribution is -2.25. The van der Waals surface area contributed by atoms with E-state index in [4.69, 9.17) is 11.6 Å². The number of thiophene rings is 1. The molecule has 2 aromatic heterocycles. The number of aromatic nitrogens is 2. The Morgan fingerprint density at radius 2 is 2.20 bits per heavy atom. The van der Waals surface area contributed by atoms with Crippen molar-refractivity contribution in [1.29, 1.82) is 0 Å². The number of carbonyl (C=O) groups excluding carboxylic acids is 1. The molecule has 0 spiro atoms. The van der Waals surface area contributed by atoms with Crippen molar-refractivity contribution in [2.45, 2.75) is 6.54 Å². The van der Waals surface area contributed by atoms with Crippen LogP contribution in [0.2, 0.25) is 4.34 Å². The van der Waals surface area contributed by atoms with Gasteiger partial charge in [-0.3, -0.25) is 14.9 Å². The number of carbonyl (C=O) groups is 1. The molecule has 3 rings (SSSR count). The van der Waals surface area contributed by atoms with Crippen LogP contribution in [0.3, 0.4) is 0 Å². The third-order valence-corrected chi connectivity index (χ3v) is 4.79. The van der Waals surface area contributed by atoms with E-state index < -0.39 is 4.92 Å². The summed E-state index contributed by atoms with van der Waals surface area (Å²) in [6.45, 7) is 0.382. The van der Waals surface area contributed by atoms with Crippen molar-refractivity contribution in [3.8, 4) is 5.69 Å². The zero-order valence-corrected chi connectivity index (χ0v) is 14.7. The average molecular weight is 377 g/mol. The molecule has 25 heavy (non-hydrogen) atoms. The van der Waals surface area contributed by atoms with Crippen molar-refractivity contribution in [2.24, 2.45) is 0 Å². The number of hydrogen-bond donors (Lipinski definition) is 0. The summed E-state index contributed by atoms with van der Waals surface area (Å²) in [5.41, 5.74) is 0.448. The first kappa shape index (κ1) is 17.1. The molecule has 0 radical (unpaired) electrons. The third-order valence-electron chi connectivity index (χ3n) is 3.57. The van der Waals surface area contributed by atoms with E-state index in [1.54, 1.807) is 31.4 Å². The van der Waals surface area contributed by atoms with Gasteiger partial charge in [0.05, 0.1) is 22.1 Å². The zero-order chi connectivity index (χ0) is 18.0. The van der Waals surface area contributed by atoms with Gasteiger partial charge in [-0.15, -0.1) is 11.3 Å². The summed E-state index contributed by atoms with van der Waals surface area (Å²) in [7, 11) is 1.64. The van der Waals surface area contributed by atoms with Gasteiger partial charge in [0.15, 0.2) is 0 Å². The monoisotopic (exact) mass is 376 g/mol. The van der Waals surface area contributed by atoms with Crippen LogP contribution in [0.25, 0.3) is 5.69 Å². The van der Waals surface area contributed by atoms with Crippen LogP contribution in [-0.4, -0.2) is 32.3 Å². The maximum Gasteiger partial charge on any atom is 0.294 e. The maximum absolute atomic E-state index is 12.6. The highest BCUT2D eigenvalue weighted by Crippen LogP contribution is 2.26. The number of nitro benzene ring substituents is 1. The van der Waals surface area contributed by atoms with E-state index in [9.17, 15) is 14.9 Å². The SMILES string of the molecule is CN(Cc1ccc(Cl)s1)C(=O)c1ccc(-n2ccnc2)c([N+](=O)[O-])c1. The molecule has 3 aromatic rings. The van der Waals surface area contributed by atoms with Gasteiger partial charge in [-0.2, -0.15) is 0 Å². The number of amides is 1. The summed E-state index contributed by atoms with van der Waals surface area (Å²) in [5.74, 6) is -0.301. The molecule has 0 bridgehead atoms. The Kier molecular flexibility index (Phi) is 4.82. The molecule has 0 saturated carbocycles. The van der Waals surface area contributed by atoms with Crippen LogP contribution in [0.1, 0.15) is 15.2 Å². The summed E-state index contributed by atoms with van der Waals surface area (Å²) in [5, 5.41) is 11.4. The summed E-state index contributed by atoms with van der Waals surface area (Å²) in [6, 6.07) is 8.02. The van der Waals surface area contributed by atoms with Crippen LogP contribution in [0, 0.1) is 10.1 Å². The largest absolute Gasteiger partial charge is 0.337 e. The molecule has 9 heteroatoms. The molecular formula is C16H13ClN4O3S. The third kappa shape index (κ3) is 3.70. The predicted molar refractivity (Wildman–Crippen MR) is 95.3 cm³/mol. The number of hydrogen-bond acceptors (Lipinski definition) is 5. The number of imidazole rings is 1. The fourth-order valence-corrected chi connectivity index (χ4v) is 3.53. The first-order chi connectivity index (χ1) is 12.0. The fourth-order valence-electron chi connectivity index (χ4n) is 2.39. The van der Waals surface area contributed by atoms with Crippen LogP contribution < -0.4 is 0 Å². The van der Waals surface area contributed by atoms with Gasteiger partial charge in [-0.05, 0) is 24.3 Å². The van der Waals surface area contributed by atoms with Crippen LogP contribution in [0.15, 0.2) is 49.1 Å². The first-order valence-corrected chi connectivity index (χ1v) is 8.41. The second kappa shape index (κ2) is 7.04. The molecule has 128 valence electrons. The summed E-state index contributed by atoms with van der Waals surface area (Å²) < 4.78 is 2.18. The lowest BCUT2D eigenvalue weighted by atomic mass is 10.1. The number of halogens is 1. The van der Waals surface area contributed by atoms with Gasteiger partial charge < -0.3 is 9.47 Å². The second-order valence-electron chi connectivity index (χ2n) is 5.30. The topological polar surface area (TPSA) is 81.3 Å². The van der Waals surface area contributed by atoms with Crippen molar-refractivity contribution in [2.75, 3.05) is 7.05 Å². The summed E-state index contributed by atoms with van der Waals surface area (Å²) in [6.07, 6.45) is 4.61. The highest BCUT2D eigenvalue weighted by Gasteiger charge is 2.20. The van der Waals surface area contributed by atoms with Crippen LogP contribution in [0.5, 0.6) is 0 Å². The van der Waals surface area contributed by atoms with Crippen LogP contribution >= 0.6 is 22.9 Å². The molecule has 2 heterocycles. The van der Waals surface area contributed by atoms with Gasteiger partial charge >= 0.3 is 0 Å². The van der Waals surface area contributed by atoms with E-state index in [1.165, 1.54) is 39.4 Å². The molecule has 0 saturated heterocycles. The van der Waals surface area contributed by atoms with Gasteiger partial charge in [-0.25, -0.2) is 4.98 Å². The predicted octanol–water partition coefficient (Wildman–Crippen LogP) is 3.77. The van der Waals surface area contributed by atoms with Crippen LogP contribution in [-0.2, 0) is 6.54 Å². The lowest BCUT2D eigenvalue weighted by molar-refractivity contribution is -0.384.